The van der Waals surface area contributed by atoms with Crippen molar-refractivity contribution in [2.75, 3.05) is 16.8 Å². The smallest absolute Gasteiger partial charge is 0.236 e. The number of carbonyl (C=O) groups is 1. The summed E-state index contributed by atoms with van der Waals surface area (Å²) in [7, 11) is 0. The van der Waals surface area contributed by atoms with Gasteiger partial charge in [-0.15, -0.1) is 16.4 Å². The van der Waals surface area contributed by atoms with Crippen molar-refractivity contribution in [1.29, 1.82) is 0 Å². The molecule has 0 spiro atoms. The molecule has 1 amide bonds. The quantitative estimate of drug-likeness (QED) is 0.610. The van der Waals surface area contributed by atoms with Gasteiger partial charge < -0.3 is 11.1 Å². The van der Waals surface area contributed by atoms with Crippen LogP contribution in [0.25, 0.3) is 11.3 Å². The normalized spacial score (nSPS) is 10.7. The van der Waals surface area contributed by atoms with E-state index in [1.807, 2.05) is 0 Å². The summed E-state index contributed by atoms with van der Waals surface area (Å²) in [6.45, 7) is 0. The molecule has 3 aromatic rings. The van der Waals surface area contributed by atoms with E-state index < -0.39 is 0 Å². The number of thioether (sulfide) groups is 1. The number of thiazole rings is 1. The standard InChI is InChI=1S/C13H11FN6OS2/c14-8-3-1-7(2-4-8)9-5-22-12(16-9)17-10(21)6-23-13-18-11(15)19-20-13/h1-5H,6H2,(H,16,17,21)(H3,15,18,19,20). The van der Waals surface area contributed by atoms with Crippen molar-refractivity contribution in [3.8, 4) is 11.3 Å². The van der Waals surface area contributed by atoms with Crippen molar-refractivity contribution in [3.63, 3.8) is 0 Å². The summed E-state index contributed by atoms with van der Waals surface area (Å²) in [5.41, 5.74) is 6.87. The first-order valence-electron chi connectivity index (χ1n) is 6.42. The van der Waals surface area contributed by atoms with Gasteiger partial charge in [-0.05, 0) is 24.3 Å². The van der Waals surface area contributed by atoms with Gasteiger partial charge in [0, 0.05) is 10.9 Å². The molecule has 7 nitrogen and oxygen atoms in total. The molecule has 2 aromatic heterocycles. The first kappa shape index (κ1) is 15.4. The highest BCUT2D eigenvalue weighted by Gasteiger charge is 2.10. The average Bonchev–Trinajstić information content (AvgIpc) is 3.15. The third-order valence-corrected chi connectivity index (χ3v) is 4.31. The molecule has 0 unspecified atom stereocenters. The molecular formula is C13H11FN6OS2. The molecule has 0 bridgehead atoms. The van der Waals surface area contributed by atoms with E-state index >= 15 is 0 Å². The molecule has 0 fully saturated rings. The van der Waals surface area contributed by atoms with Gasteiger partial charge in [-0.1, -0.05) is 11.8 Å². The summed E-state index contributed by atoms with van der Waals surface area (Å²) in [4.78, 5) is 20.1. The van der Waals surface area contributed by atoms with E-state index in [0.717, 1.165) is 17.3 Å². The maximum atomic E-state index is 12.9. The van der Waals surface area contributed by atoms with Crippen LogP contribution in [0.4, 0.5) is 15.5 Å². The Morgan fingerprint density at radius 3 is 2.83 bits per heavy atom. The molecule has 23 heavy (non-hydrogen) atoms. The number of hydrogen-bond acceptors (Lipinski definition) is 7. The van der Waals surface area contributed by atoms with Crippen molar-refractivity contribution in [3.05, 3.63) is 35.5 Å². The minimum atomic E-state index is -0.304. The summed E-state index contributed by atoms with van der Waals surface area (Å²) in [6.07, 6.45) is 0. The molecule has 3 rings (SSSR count). The summed E-state index contributed by atoms with van der Waals surface area (Å²) < 4.78 is 12.9. The minimum absolute atomic E-state index is 0.142. The van der Waals surface area contributed by atoms with Crippen LogP contribution in [0.3, 0.4) is 0 Å². The molecule has 0 aliphatic rings. The Morgan fingerprint density at radius 1 is 1.35 bits per heavy atom. The highest BCUT2D eigenvalue weighted by molar-refractivity contribution is 7.99. The van der Waals surface area contributed by atoms with E-state index in [2.05, 4.69) is 25.5 Å². The number of nitrogens with two attached hydrogens (primary N) is 1. The molecule has 0 aliphatic heterocycles. The molecule has 2 heterocycles. The molecule has 0 saturated carbocycles. The minimum Gasteiger partial charge on any atom is -0.368 e. The fourth-order valence-corrected chi connectivity index (χ4v) is 3.03. The predicted octanol–water partition coefficient (Wildman–Crippen LogP) is 2.38. The number of carbonyl (C=O) groups excluding carboxylic acids is 1. The van der Waals surface area contributed by atoms with Crippen molar-refractivity contribution >= 4 is 40.1 Å². The van der Waals surface area contributed by atoms with Crippen LogP contribution >= 0.6 is 23.1 Å². The molecule has 10 heteroatoms. The Morgan fingerprint density at radius 2 is 2.13 bits per heavy atom. The number of hydrogen-bond donors (Lipinski definition) is 3. The Kier molecular flexibility index (Phi) is 4.53. The molecule has 0 saturated heterocycles. The number of rotatable bonds is 5. The first-order valence-corrected chi connectivity index (χ1v) is 8.28. The van der Waals surface area contributed by atoms with Gasteiger partial charge in [0.15, 0.2) is 5.13 Å². The van der Waals surface area contributed by atoms with Gasteiger partial charge in [0.1, 0.15) is 5.82 Å². The topological polar surface area (TPSA) is 110 Å². The van der Waals surface area contributed by atoms with Crippen molar-refractivity contribution in [1.82, 2.24) is 20.2 Å². The van der Waals surface area contributed by atoms with Crippen LogP contribution in [-0.4, -0.2) is 31.8 Å². The van der Waals surface area contributed by atoms with Crippen molar-refractivity contribution < 1.29 is 9.18 Å². The molecular weight excluding hydrogens is 339 g/mol. The first-order chi connectivity index (χ1) is 11.1. The van der Waals surface area contributed by atoms with E-state index in [0.29, 0.717) is 16.0 Å². The van der Waals surface area contributed by atoms with Crippen LogP contribution < -0.4 is 11.1 Å². The van der Waals surface area contributed by atoms with E-state index in [4.69, 9.17) is 5.73 Å². The van der Waals surface area contributed by atoms with E-state index in [-0.39, 0.29) is 23.4 Å². The lowest BCUT2D eigenvalue weighted by Gasteiger charge is -1.99. The van der Waals surface area contributed by atoms with Crippen LogP contribution in [0.15, 0.2) is 34.8 Å². The van der Waals surface area contributed by atoms with E-state index in [1.54, 1.807) is 17.5 Å². The van der Waals surface area contributed by atoms with Gasteiger partial charge in [-0.3, -0.25) is 4.79 Å². The number of aromatic amines is 1. The van der Waals surface area contributed by atoms with Gasteiger partial charge in [-0.25, -0.2) is 14.5 Å². The number of nitrogen functional groups attached to an aromatic ring is 1. The van der Waals surface area contributed by atoms with Crippen molar-refractivity contribution in [2.24, 2.45) is 0 Å². The van der Waals surface area contributed by atoms with Gasteiger partial charge in [0.05, 0.1) is 11.4 Å². The van der Waals surface area contributed by atoms with Gasteiger partial charge >= 0.3 is 0 Å². The van der Waals surface area contributed by atoms with Crippen LogP contribution in [-0.2, 0) is 4.79 Å². The lowest BCUT2D eigenvalue weighted by atomic mass is 10.2. The number of nitrogens with zero attached hydrogens (tertiary/aromatic N) is 3. The predicted molar refractivity (Wildman–Crippen MR) is 87.7 cm³/mol. The monoisotopic (exact) mass is 350 g/mol. The SMILES string of the molecule is Nc1nc(SCC(=O)Nc2nc(-c3ccc(F)cc3)cs2)n[nH]1. The number of amides is 1. The molecule has 0 atom stereocenters. The van der Waals surface area contributed by atoms with Crippen LogP contribution in [0.5, 0.6) is 0 Å². The third kappa shape index (κ3) is 4.05. The zero-order valence-corrected chi connectivity index (χ0v) is 13.2. The second-order valence-corrected chi connectivity index (χ2v) is 6.19. The molecule has 1 aromatic carbocycles. The summed E-state index contributed by atoms with van der Waals surface area (Å²) in [6, 6.07) is 6.01. The zero-order valence-electron chi connectivity index (χ0n) is 11.6. The Bertz CT molecular complexity index is 816. The Hall–Kier alpha value is -2.46. The van der Waals surface area contributed by atoms with Gasteiger partial charge in [0.2, 0.25) is 17.0 Å². The lowest BCUT2D eigenvalue weighted by Crippen LogP contribution is -2.13. The van der Waals surface area contributed by atoms with Crippen LogP contribution in [0.1, 0.15) is 0 Å². The maximum Gasteiger partial charge on any atom is 0.236 e. The zero-order chi connectivity index (χ0) is 16.2. The van der Waals surface area contributed by atoms with Gasteiger partial charge in [0.25, 0.3) is 0 Å². The fraction of sp³-hybridized carbons (Fsp3) is 0.0769. The number of anilines is 2. The summed E-state index contributed by atoms with van der Waals surface area (Å²) in [5.74, 6) is -0.180. The fourth-order valence-electron chi connectivity index (χ4n) is 1.69. The third-order valence-electron chi connectivity index (χ3n) is 2.71. The number of nitrogens with one attached hydrogen (secondary N) is 2. The van der Waals surface area contributed by atoms with Gasteiger partial charge in [-0.2, -0.15) is 4.98 Å². The Balaban J connectivity index is 1.58. The lowest BCUT2D eigenvalue weighted by molar-refractivity contribution is -0.113. The van der Waals surface area contributed by atoms with Crippen molar-refractivity contribution in [2.45, 2.75) is 5.16 Å². The second-order valence-electron chi connectivity index (χ2n) is 4.38. The maximum absolute atomic E-state index is 12.9. The molecule has 0 radical (unpaired) electrons. The highest BCUT2D eigenvalue weighted by Crippen LogP contribution is 2.25. The summed E-state index contributed by atoms with van der Waals surface area (Å²) in [5, 5.41) is 11.7. The largest absolute Gasteiger partial charge is 0.368 e. The van der Waals surface area contributed by atoms with Crippen LogP contribution in [0, 0.1) is 5.82 Å². The molecule has 118 valence electrons. The molecule has 4 N–H and O–H groups in total. The number of aromatic nitrogens is 4. The average molecular weight is 350 g/mol. The molecule has 0 aliphatic carbocycles. The second kappa shape index (κ2) is 6.75. The Labute approximate surface area is 138 Å². The number of H-pyrrole nitrogens is 1. The number of benzene rings is 1. The number of halogens is 1. The van der Waals surface area contributed by atoms with E-state index in [9.17, 15) is 9.18 Å². The summed E-state index contributed by atoms with van der Waals surface area (Å²) >= 11 is 2.46. The van der Waals surface area contributed by atoms with Crippen LogP contribution in [0.2, 0.25) is 0 Å². The van der Waals surface area contributed by atoms with E-state index in [1.165, 1.54) is 23.5 Å². The highest BCUT2D eigenvalue weighted by atomic mass is 32.2.